The van der Waals surface area contributed by atoms with Gasteiger partial charge in [-0.05, 0) is 103 Å². The lowest BCUT2D eigenvalue weighted by Gasteiger charge is -2.18. The summed E-state index contributed by atoms with van der Waals surface area (Å²) in [5, 5.41) is 0. The van der Waals surface area contributed by atoms with Crippen molar-refractivity contribution >= 4 is 17.9 Å². The van der Waals surface area contributed by atoms with Crippen molar-refractivity contribution in [3.63, 3.8) is 0 Å². The summed E-state index contributed by atoms with van der Waals surface area (Å²) >= 11 is 0. The largest absolute Gasteiger partial charge is 0.462 e. The van der Waals surface area contributed by atoms with E-state index in [0.29, 0.717) is 19.3 Å². The topological polar surface area (TPSA) is 78.9 Å². The molecule has 0 bridgehead atoms. The lowest BCUT2D eigenvalue weighted by Crippen LogP contribution is -2.30. The van der Waals surface area contributed by atoms with Crippen LogP contribution in [0.5, 0.6) is 0 Å². The average molecular weight is 1130 g/mol. The van der Waals surface area contributed by atoms with Crippen LogP contribution in [0.3, 0.4) is 0 Å². The second-order valence-electron chi connectivity index (χ2n) is 23.1. The molecule has 0 amide bonds. The predicted octanol–water partition coefficient (Wildman–Crippen LogP) is 24.0. The lowest BCUT2D eigenvalue weighted by molar-refractivity contribution is -0.167. The molecule has 0 spiro atoms. The maximum Gasteiger partial charge on any atom is 0.306 e. The molecule has 0 rings (SSSR count). The van der Waals surface area contributed by atoms with Crippen LogP contribution < -0.4 is 0 Å². The van der Waals surface area contributed by atoms with Gasteiger partial charge in [0.15, 0.2) is 6.10 Å². The van der Waals surface area contributed by atoms with E-state index in [2.05, 4.69) is 118 Å². The molecule has 1 atom stereocenters. The Hall–Kier alpha value is -3.67. The highest BCUT2D eigenvalue weighted by molar-refractivity contribution is 5.71. The number of allylic oxidation sites excluding steroid dienone is 16. The summed E-state index contributed by atoms with van der Waals surface area (Å²) in [6.45, 7) is 6.44. The number of carbonyl (C=O) groups is 3. The number of unbranched alkanes of at least 4 members (excludes halogenated alkanes) is 36. The van der Waals surface area contributed by atoms with Gasteiger partial charge < -0.3 is 14.2 Å². The quantitative estimate of drug-likeness (QED) is 0.0261. The molecule has 0 heterocycles. The van der Waals surface area contributed by atoms with Crippen LogP contribution in [0.25, 0.3) is 0 Å². The Morgan fingerprint density at radius 1 is 0.259 bits per heavy atom. The summed E-state index contributed by atoms with van der Waals surface area (Å²) < 4.78 is 16.8. The van der Waals surface area contributed by atoms with E-state index in [1.54, 1.807) is 0 Å². The van der Waals surface area contributed by atoms with Gasteiger partial charge in [-0.15, -0.1) is 0 Å². The zero-order chi connectivity index (χ0) is 58.5. The molecule has 466 valence electrons. The highest BCUT2D eigenvalue weighted by Gasteiger charge is 2.19. The molecule has 0 saturated carbocycles. The van der Waals surface area contributed by atoms with Gasteiger partial charge in [-0.2, -0.15) is 0 Å². The Bertz CT molecular complexity index is 1580. The van der Waals surface area contributed by atoms with Crippen LogP contribution in [-0.2, 0) is 28.6 Å². The summed E-state index contributed by atoms with van der Waals surface area (Å²) in [4.78, 5) is 38.0. The van der Waals surface area contributed by atoms with Crippen LogP contribution >= 0.6 is 0 Å². The third-order valence-electron chi connectivity index (χ3n) is 15.1. The highest BCUT2D eigenvalue weighted by atomic mass is 16.6. The van der Waals surface area contributed by atoms with Crippen LogP contribution in [0.2, 0.25) is 0 Å². The van der Waals surface area contributed by atoms with E-state index in [4.69, 9.17) is 14.2 Å². The standard InChI is InChI=1S/C75H130O6/c1-4-7-10-13-15-17-19-21-23-25-27-29-31-32-33-34-35-36-37-38-39-40-41-42-44-45-47-49-51-53-55-57-59-62-65-68-74(77)80-71-72(70-79-73(76)67-64-61-12-9-6-3)81-75(78)69-66-63-60-58-56-54-52-50-48-46-43-30-28-26-24-22-20-18-16-14-11-8-5-2/h8,11,16,18-19,21-22,24-25,27-28,30,46,48,52,54,72H,4-7,9-10,12-15,17,20,23,26,29,31-45,47,49-51,53,55-71H2,1-3H3/b11-8-,18-16-,21-19-,24-22-,27-25-,30-28-,48-46-,54-52-. The van der Waals surface area contributed by atoms with Gasteiger partial charge in [0.2, 0.25) is 0 Å². The molecular formula is C75H130O6. The van der Waals surface area contributed by atoms with Crippen LogP contribution in [0.4, 0.5) is 0 Å². The first-order valence-corrected chi connectivity index (χ1v) is 34.7. The normalized spacial score (nSPS) is 12.7. The maximum absolute atomic E-state index is 12.8. The van der Waals surface area contributed by atoms with Gasteiger partial charge in [-0.25, -0.2) is 0 Å². The fraction of sp³-hybridized carbons (Fsp3) is 0.747. The summed E-state index contributed by atoms with van der Waals surface area (Å²) in [7, 11) is 0. The molecule has 0 radical (unpaired) electrons. The van der Waals surface area contributed by atoms with Crippen molar-refractivity contribution in [2.75, 3.05) is 13.2 Å². The summed E-state index contributed by atoms with van der Waals surface area (Å²) in [6.07, 6.45) is 93.6. The Labute approximate surface area is 502 Å². The van der Waals surface area contributed by atoms with Crippen LogP contribution in [0.1, 0.15) is 342 Å². The van der Waals surface area contributed by atoms with E-state index in [-0.39, 0.29) is 31.1 Å². The van der Waals surface area contributed by atoms with Crippen LogP contribution in [-0.4, -0.2) is 37.2 Å². The minimum Gasteiger partial charge on any atom is -0.462 e. The number of hydrogen-bond donors (Lipinski definition) is 0. The van der Waals surface area contributed by atoms with Crippen molar-refractivity contribution in [2.45, 2.75) is 348 Å². The highest BCUT2D eigenvalue weighted by Crippen LogP contribution is 2.17. The first-order valence-electron chi connectivity index (χ1n) is 34.7. The predicted molar refractivity (Wildman–Crippen MR) is 353 cm³/mol. The van der Waals surface area contributed by atoms with Crippen molar-refractivity contribution in [1.82, 2.24) is 0 Å². The van der Waals surface area contributed by atoms with Crippen molar-refractivity contribution in [3.8, 4) is 0 Å². The van der Waals surface area contributed by atoms with Crippen molar-refractivity contribution in [1.29, 1.82) is 0 Å². The van der Waals surface area contributed by atoms with Crippen molar-refractivity contribution < 1.29 is 28.6 Å². The molecule has 0 aromatic heterocycles. The molecule has 81 heavy (non-hydrogen) atoms. The van der Waals surface area contributed by atoms with Crippen molar-refractivity contribution in [3.05, 3.63) is 97.2 Å². The Balaban J connectivity index is 3.96. The van der Waals surface area contributed by atoms with Crippen LogP contribution in [0.15, 0.2) is 97.2 Å². The minimum atomic E-state index is -0.788. The fourth-order valence-electron chi connectivity index (χ4n) is 9.89. The molecule has 6 heteroatoms. The van der Waals surface area contributed by atoms with Gasteiger partial charge in [0, 0.05) is 19.3 Å². The molecule has 0 aliphatic carbocycles. The molecule has 0 aliphatic heterocycles. The first kappa shape index (κ1) is 77.3. The van der Waals surface area contributed by atoms with E-state index in [9.17, 15) is 14.4 Å². The van der Waals surface area contributed by atoms with Gasteiger partial charge in [-0.3, -0.25) is 14.4 Å². The van der Waals surface area contributed by atoms with Crippen LogP contribution in [0, 0.1) is 0 Å². The summed E-state index contributed by atoms with van der Waals surface area (Å²) in [6, 6.07) is 0. The second-order valence-corrected chi connectivity index (χ2v) is 23.1. The molecule has 0 aromatic rings. The lowest BCUT2D eigenvalue weighted by atomic mass is 10.0. The zero-order valence-corrected chi connectivity index (χ0v) is 53.5. The summed E-state index contributed by atoms with van der Waals surface area (Å²) in [5.74, 6) is -0.914. The van der Waals surface area contributed by atoms with Gasteiger partial charge in [0.05, 0.1) is 0 Å². The molecule has 0 fully saturated rings. The zero-order valence-electron chi connectivity index (χ0n) is 53.5. The maximum atomic E-state index is 12.8. The number of carbonyl (C=O) groups excluding carboxylic acids is 3. The molecular weight excluding hydrogens is 997 g/mol. The molecule has 1 unspecified atom stereocenters. The average Bonchev–Trinajstić information content (AvgIpc) is 3.47. The van der Waals surface area contributed by atoms with Gasteiger partial charge in [0.25, 0.3) is 0 Å². The smallest absolute Gasteiger partial charge is 0.306 e. The minimum absolute atomic E-state index is 0.0854. The number of hydrogen-bond acceptors (Lipinski definition) is 6. The Kier molecular flexibility index (Phi) is 65.7. The molecule has 6 nitrogen and oxygen atoms in total. The number of esters is 3. The summed E-state index contributed by atoms with van der Waals surface area (Å²) in [5.41, 5.74) is 0. The third-order valence-corrected chi connectivity index (χ3v) is 15.1. The third kappa shape index (κ3) is 67.0. The van der Waals surface area contributed by atoms with E-state index in [1.807, 2.05) is 0 Å². The number of rotatable bonds is 63. The van der Waals surface area contributed by atoms with E-state index in [0.717, 1.165) is 122 Å². The SMILES string of the molecule is CC/C=C\C/C=C\C/C=C\C/C=C\C/C=C\C/C=C\CCCCCCC(=O)OC(COC(=O)CCCCCCC)COC(=O)CCCCCCCCCCCCCCCCCCCCCCCCC/C=C\C/C=C\CCCCCCC. The Morgan fingerprint density at radius 3 is 0.753 bits per heavy atom. The second kappa shape index (κ2) is 68.8. The number of ether oxygens (including phenoxy) is 3. The van der Waals surface area contributed by atoms with Crippen molar-refractivity contribution in [2.24, 2.45) is 0 Å². The molecule has 0 aliphatic rings. The molecule has 0 aromatic carbocycles. The van der Waals surface area contributed by atoms with E-state index in [1.165, 1.54) is 180 Å². The van der Waals surface area contributed by atoms with Gasteiger partial charge in [0.1, 0.15) is 13.2 Å². The monoisotopic (exact) mass is 1130 g/mol. The molecule has 0 saturated heterocycles. The van der Waals surface area contributed by atoms with Gasteiger partial charge >= 0.3 is 17.9 Å². The van der Waals surface area contributed by atoms with E-state index < -0.39 is 6.10 Å². The van der Waals surface area contributed by atoms with E-state index >= 15 is 0 Å². The fourth-order valence-corrected chi connectivity index (χ4v) is 9.89. The van der Waals surface area contributed by atoms with Gasteiger partial charge in [-0.1, -0.05) is 317 Å². The molecule has 0 N–H and O–H groups in total. The Morgan fingerprint density at radius 2 is 0.481 bits per heavy atom. The first-order chi connectivity index (χ1) is 40.0.